The molecule has 0 bridgehead atoms. The van der Waals surface area contributed by atoms with Crippen molar-refractivity contribution < 1.29 is 14.6 Å². The lowest BCUT2D eigenvalue weighted by Crippen LogP contribution is -2.53. The summed E-state index contributed by atoms with van der Waals surface area (Å²) in [4.78, 5) is 2.50. The van der Waals surface area contributed by atoms with E-state index in [0.29, 0.717) is 19.3 Å². The van der Waals surface area contributed by atoms with E-state index in [0.717, 1.165) is 25.9 Å². The van der Waals surface area contributed by atoms with Gasteiger partial charge in [0.25, 0.3) is 0 Å². The molecular formula is C19H29NO3. The lowest BCUT2D eigenvalue weighted by Gasteiger charge is -2.43. The Morgan fingerprint density at radius 3 is 2.87 bits per heavy atom. The van der Waals surface area contributed by atoms with E-state index in [2.05, 4.69) is 29.2 Å². The molecule has 23 heavy (non-hydrogen) atoms. The normalized spacial score (nSPS) is 33.7. The van der Waals surface area contributed by atoms with Gasteiger partial charge in [-0.25, -0.2) is 0 Å². The minimum Gasteiger partial charge on any atom is -0.390 e. The second-order valence-electron chi connectivity index (χ2n) is 7.13. The first-order valence-corrected chi connectivity index (χ1v) is 8.74. The summed E-state index contributed by atoms with van der Waals surface area (Å²) < 4.78 is 11.4. The summed E-state index contributed by atoms with van der Waals surface area (Å²) in [5, 5.41) is 10.8. The van der Waals surface area contributed by atoms with E-state index in [1.54, 1.807) is 7.11 Å². The highest BCUT2D eigenvalue weighted by Crippen LogP contribution is 2.36. The van der Waals surface area contributed by atoms with E-state index in [9.17, 15) is 5.11 Å². The average Bonchev–Trinajstić information content (AvgIpc) is 3.01. The van der Waals surface area contributed by atoms with Crippen molar-refractivity contribution >= 4 is 0 Å². The number of benzene rings is 1. The van der Waals surface area contributed by atoms with Gasteiger partial charge in [-0.1, -0.05) is 30.3 Å². The van der Waals surface area contributed by atoms with E-state index in [1.807, 2.05) is 13.0 Å². The molecule has 4 atom stereocenters. The summed E-state index contributed by atoms with van der Waals surface area (Å²) in [7, 11) is 1.78. The van der Waals surface area contributed by atoms with Crippen molar-refractivity contribution in [3.05, 3.63) is 35.9 Å². The number of hydrogen-bond donors (Lipinski definition) is 1. The topological polar surface area (TPSA) is 41.9 Å². The third kappa shape index (κ3) is 3.77. The molecule has 2 aliphatic rings. The highest BCUT2D eigenvalue weighted by Gasteiger charge is 2.44. The first-order chi connectivity index (χ1) is 11.1. The Morgan fingerprint density at radius 1 is 1.39 bits per heavy atom. The predicted molar refractivity (Wildman–Crippen MR) is 90.3 cm³/mol. The maximum absolute atomic E-state index is 10.8. The Balaban J connectivity index is 1.71. The Kier molecular flexibility index (Phi) is 5.37. The molecule has 4 heteroatoms. The van der Waals surface area contributed by atoms with Crippen molar-refractivity contribution in [3.63, 3.8) is 0 Å². The summed E-state index contributed by atoms with van der Waals surface area (Å²) in [6.45, 7) is 5.25. The van der Waals surface area contributed by atoms with Crippen LogP contribution in [0.1, 0.15) is 37.9 Å². The van der Waals surface area contributed by atoms with Crippen LogP contribution in [-0.4, -0.2) is 55.1 Å². The van der Waals surface area contributed by atoms with Crippen LogP contribution in [0.15, 0.2) is 30.3 Å². The Bertz CT molecular complexity index is 491. The fourth-order valence-electron chi connectivity index (χ4n) is 4.11. The Hall–Kier alpha value is -0.940. The minimum absolute atomic E-state index is 0.0752. The van der Waals surface area contributed by atoms with Crippen LogP contribution < -0.4 is 0 Å². The third-order valence-electron chi connectivity index (χ3n) is 5.58. The number of hydrogen-bond acceptors (Lipinski definition) is 4. The molecule has 0 saturated carbocycles. The molecule has 0 amide bonds. The quantitative estimate of drug-likeness (QED) is 0.906. The van der Waals surface area contributed by atoms with Gasteiger partial charge in [0, 0.05) is 32.2 Å². The molecule has 0 radical (unpaired) electrons. The van der Waals surface area contributed by atoms with Crippen LogP contribution in [0.25, 0.3) is 0 Å². The molecule has 2 saturated heterocycles. The molecular weight excluding hydrogens is 290 g/mol. The summed E-state index contributed by atoms with van der Waals surface area (Å²) in [5.41, 5.74) is 0.591. The highest BCUT2D eigenvalue weighted by atomic mass is 16.5. The molecule has 128 valence electrons. The zero-order chi connectivity index (χ0) is 16.3. The van der Waals surface area contributed by atoms with Gasteiger partial charge < -0.3 is 14.6 Å². The van der Waals surface area contributed by atoms with Crippen LogP contribution in [0.5, 0.6) is 0 Å². The van der Waals surface area contributed by atoms with Crippen LogP contribution in [-0.2, 0) is 9.47 Å². The molecule has 4 nitrogen and oxygen atoms in total. The molecule has 0 aliphatic carbocycles. The van der Waals surface area contributed by atoms with Crippen LogP contribution in [0, 0.1) is 5.92 Å². The maximum Gasteiger partial charge on any atom is 0.0948 e. The maximum atomic E-state index is 10.8. The van der Waals surface area contributed by atoms with E-state index in [-0.39, 0.29) is 12.0 Å². The van der Waals surface area contributed by atoms with Gasteiger partial charge in [-0.15, -0.1) is 0 Å². The molecule has 2 heterocycles. The summed E-state index contributed by atoms with van der Waals surface area (Å²) >= 11 is 0. The minimum atomic E-state index is -0.624. The first kappa shape index (κ1) is 16.9. The zero-order valence-electron chi connectivity index (χ0n) is 14.3. The number of ether oxygens (including phenoxy) is 2. The van der Waals surface area contributed by atoms with Crippen LogP contribution in [0.2, 0.25) is 0 Å². The van der Waals surface area contributed by atoms with Crippen LogP contribution in [0.4, 0.5) is 0 Å². The molecule has 1 N–H and O–H groups in total. The standard InChI is InChI=1S/C19H29NO3/c1-19(21)10-12-23-14-16(19)17-9-6-11-20(17)13-18(22-2)15-7-4-3-5-8-15/h3-5,7-8,16-18,21H,6,9-14H2,1-2H3. The Labute approximate surface area is 139 Å². The summed E-state index contributed by atoms with van der Waals surface area (Å²) in [5.74, 6) is 0.187. The van der Waals surface area contributed by atoms with E-state index in [4.69, 9.17) is 9.47 Å². The fourth-order valence-corrected chi connectivity index (χ4v) is 4.11. The number of methoxy groups -OCH3 is 1. The average molecular weight is 319 g/mol. The highest BCUT2D eigenvalue weighted by molar-refractivity contribution is 5.18. The van der Waals surface area contributed by atoms with Gasteiger partial charge in [-0.2, -0.15) is 0 Å². The first-order valence-electron chi connectivity index (χ1n) is 8.74. The molecule has 2 aliphatic heterocycles. The second-order valence-corrected chi connectivity index (χ2v) is 7.13. The monoisotopic (exact) mass is 319 g/mol. The van der Waals surface area contributed by atoms with Gasteiger partial charge in [0.05, 0.1) is 18.3 Å². The third-order valence-corrected chi connectivity index (χ3v) is 5.58. The Morgan fingerprint density at radius 2 is 2.17 bits per heavy atom. The van der Waals surface area contributed by atoms with Gasteiger partial charge in [0.2, 0.25) is 0 Å². The van der Waals surface area contributed by atoms with Crippen LogP contribution in [0.3, 0.4) is 0 Å². The van der Waals surface area contributed by atoms with Crippen LogP contribution >= 0.6 is 0 Å². The largest absolute Gasteiger partial charge is 0.390 e. The summed E-state index contributed by atoms with van der Waals surface area (Å²) in [6.07, 6.45) is 3.12. The number of rotatable bonds is 5. The van der Waals surface area contributed by atoms with E-state index in [1.165, 1.54) is 12.0 Å². The van der Waals surface area contributed by atoms with Crippen molar-refractivity contribution in [2.45, 2.75) is 43.9 Å². The molecule has 4 unspecified atom stereocenters. The van der Waals surface area contributed by atoms with Crippen molar-refractivity contribution in [1.82, 2.24) is 4.90 Å². The fraction of sp³-hybridized carbons (Fsp3) is 0.684. The van der Waals surface area contributed by atoms with Gasteiger partial charge in [-0.05, 0) is 38.3 Å². The van der Waals surface area contributed by atoms with Gasteiger partial charge in [0.1, 0.15) is 0 Å². The molecule has 1 aromatic rings. The molecule has 2 fully saturated rings. The molecule has 3 rings (SSSR count). The number of nitrogens with zero attached hydrogens (tertiary/aromatic N) is 1. The predicted octanol–water partition coefficient (Wildman–Crippen LogP) is 2.63. The van der Waals surface area contributed by atoms with E-state index >= 15 is 0 Å². The zero-order valence-corrected chi connectivity index (χ0v) is 14.3. The van der Waals surface area contributed by atoms with Crippen molar-refractivity contribution in [2.24, 2.45) is 5.92 Å². The SMILES string of the molecule is COC(CN1CCCC1C1COCCC1(C)O)c1ccccc1. The van der Waals surface area contributed by atoms with Gasteiger partial charge in [0.15, 0.2) is 0 Å². The summed E-state index contributed by atoms with van der Waals surface area (Å²) in [6, 6.07) is 10.8. The number of likely N-dealkylation sites (tertiary alicyclic amines) is 1. The molecule has 0 aromatic heterocycles. The molecule has 0 spiro atoms. The number of aliphatic hydroxyl groups is 1. The lowest BCUT2D eigenvalue weighted by molar-refractivity contribution is -0.125. The molecule has 1 aromatic carbocycles. The van der Waals surface area contributed by atoms with Crippen molar-refractivity contribution in [1.29, 1.82) is 0 Å². The van der Waals surface area contributed by atoms with E-state index < -0.39 is 5.60 Å². The smallest absolute Gasteiger partial charge is 0.0948 e. The lowest BCUT2D eigenvalue weighted by atomic mass is 9.79. The second kappa shape index (κ2) is 7.31. The van der Waals surface area contributed by atoms with Gasteiger partial charge in [-0.3, -0.25) is 4.90 Å². The van der Waals surface area contributed by atoms with Crippen molar-refractivity contribution in [2.75, 3.05) is 33.4 Å². The van der Waals surface area contributed by atoms with Crippen molar-refractivity contribution in [3.8, 4) is 0 Å². The van der Waals surface area contributed by atoms with Gasteiger partial charge >= 0.3 is 0 Å².